The number of alkyl carbamates (subject to hydrolysis) is 1. The normalized spacial score (nSPS) is 24.5. The molecule has 0 saturated carbocycles. The van der Waals surface area contributed by atoms with E-state index in [0.29, 0.717) is 19.6 Å². The van der Waals surface area contributed by atoms with Crippen LogP contribution in [0.15, 0.2) is 0 Å². The maximum atomic E-state index is 11.1. The van der Waals surface area contributed by atoms with E-state index < -0.39 is 15.9 Å². The highest BCUT2D eigenvalue weighted by Crippen LogP contribution is 2.17. The van der Waals surface area contributed by atoms with Crippen molar-refractivity contribution in [3.63, 3.8) is 0 Å². The number of nitrogens with one attached hydrogen (secondary N) is 1. The fourth-order valence-corrected chi connectivity index (χ4v) is 3.30. The van der Waals surface area contributed by atoms with Crippen LogP contribution in [0.2, 0.25) is 0 Å². The van der Waals surface area contributed by atoms with Crippen LogP contribution in [-0.2, 0) is 14.6 Å². The molecule has 0 spiro atoms. The van der Waals surface area contributed by atoms with Gasteiger partial charge >= 0.3 is 6.09 Å². The molecule has 1 saturated heterocycles. The lowest BCUT2D eigenvalue weighted by Crippen LogP contribution is -2.30. The molecular formula is C8H15NO4S. The first-order chi connectivity index (χ1) is 6.53. The molecule has 1 atom stereocenters. The van der Waals surface area contributed by atoms with Crippen molar-refractivity contribution < 1.29 is 17.9 Å². The van der Waals surface area contributed by atoms with Crippen LogP contribution >= 0.6 is 0 Å². The van der Waals surface area contributed by atoms with Crippen LogP contribution < -0.4 is 5.32 Å². The van der Waals surface area contributed by atoms with E-state index in [1.54, 1.807) is 6.92 Å². The number of hydrogen-bond acceptors (Lipinski definition) is 4. The van der Waals surface area contributed by atoms with Gasteiger partial charge in [0.2, 0.25) is 0 Å². The molecule has 1 heterocycles. The van der Waals surface area contributed by atoms with E-state index in [0.717, 1.165) is 0 Å². The number of rotatable bonds is 3. The molecule has 1 fully saturated rings. The quantitative estimate of drug-likeness (QED) is 0.737. The second kappa shape index (κ2) is 4.63. The molecule has 1 aliphatic rings. The van der Waals surface area contributed by atoms with Crippen LogP contribution in [0, 0.1) is 5.92 Å². The maximum Gasteiger partial charge on any atom is 0.407 e. The predicted octanol–water partition coefficient (Wildman–Crippen LogP) is 0.167. The molecule has 0 aromatic rings. The van der Waals surface area contributed by atoms with Crippen LogP contribution in [0.25, 0.3) is 0 Å². The summed E-state index contributed by atoms with van der Waals surface area (Å²) in [6.07, 6.45) is 0.158. The molecule has 14 heavy (non-hydrogen) atoms. The van der Waals surface area contributed by atoms with Crippen molar-refractivity contribution in [3.05, 3.63) is 0 Å². The Balaban J connectivity index is 2.24. The van der Waals surface area contributed by atoms with Gasteiger partial charge in [-0.15, -0.1) is 0 Å². The van der Waals surface area contributed by atoms with E-state index >= 15 is 0 Å². The Hall–Kier alpha value is -0.780. The fraction of sp³-hybridized carbons (Fsp3) is 0.875. The van der Waals surface area contributed by atoms with Gasteiger partial charge in [0.25, 0.3) is 0 Å². The second-order valence-corrected chi connectivity index (χ2v) is 5.60. The summed E-state index contributed by atoms with van der Waals surface area (Å²) in [5.74, 6) is 0.464. The minimum absolute atomic E-state index is 0.0457. The van der Waals surface area contributed by atoms with Crippen LogP contribution in [-0.4, -0.2) is 39.2 Å². The van der Waals surface area contributed by atoms with Gasteiger partial charge in [-0.25, -0.2) is 13.2 Å². The highest BCUT2D eigenvalue weighted by molar-refractivity contribution is 7.91. The molecule has 0 bridgehead atoms. The summed E-state index contributed by atoms with van der Waals surface area (Å²) in [6.45, 7) is 2.44. The summed E-state index contributed by atoms with van der Waals surface area (Å²) in [5.41, 5.74) is 0. The third kappa shape index (κ3) is 3.53. The van der Waals surface area contributed by atoms with Crippen molar-refractivity contribution in [1.29, 1.82) is 0 Å². The zero-order valence-corrected chi connectivity index (χ0v) is 8.97. The molecule has 0 aliphatic carbocycles. The highest BCUT2D eigenvalue weighted by atomic mass is 32.2. The Morgan fingerprint density at radius 1 is 1.57 bits per heavy atom. The van der Waals surface area contributed by atoms with Crippen molar-refractivity contribution in [1.82, 2.24) is 5.32 Å². The Bertz CT molecular complexity index is 298. The standard InChI is InChI=1S/C8H15NO4S/c1-2-13-8(10)9-5-7-3-4-14(11,12)6-7/h7H,2-6H2,1H3,(H,9,10)/t7-/m1/s1. The van der Waals surface area contributed by atoms with Crippen LogP contribution in [0.3, 0.4) is 0 Å². The van der Waals surface area contributed by atoms with Gasteiger partial charge in [0.15, 0.2) is 9.84 Å². The topological polar surface area (TPSA) is 72.5 Å². The minimum atomic E-state index is -2.85. The average molecular weight is 221 g/mol. The predicted molar refractivity (Wildman–Crippen MR) is 51.8 cm³/mol. The Morgan fingerprint density at radius 2 is 2.29 bits per heavy atom. The molecule has 1 aliphatic heterocycles. The first-order valence-electron chi connectivity index (χ1n) is 4.64. The van der Waals surface area contributed by atoms with E-state index in [1.165, 1.54) is 0 Å². The van der Waals surface area contributed by atoms with Gasteiger partial charge in [-0.2, -0.15) is 0 Å². The average Bonchev–Trinajstić information content (AvgIpc) is 2.43. The molecule has 82 valence electrons. The molecule has 0 unspecified atom stereocenters. The number of carbonyl (C=O) groups is 1. The van der Waals surface area contributed by atoms with Gasteiger partial charge in [-0.3, -0.25) is 0 Å². The van der Waals surface area contributed by atoms with Gasteiger partial charge in [0.05, 0.1) is 18.1 Å². The van der Waals surface area contributed by atoms with E-state index in [-0.39, 0.29) is 17.4 Å². The largest absolute Gasteiger partial charge is 0.450 e. The van der Waals surface area contributed by atoms with E-state index in [4.69, 9.17) is 0 Å². The molecule has 0 radical (unpaired) electrons. The van der Waals surface area contributed by atoms with Crippen molar-refractivity contribution >= 4 is 15.9 Å². The Labute approximate surface area is 83.7 Å². The summed E-state index contributed by atoms with van der Waals surface area (Å²) in [5, 5.41) is 2.54. The lowest BCUT2D eigenvalue weighted by atomic mass is 10.1. The zero-order valence-electron chi connectivity index (χ0n) is 8.15. The van der Waals surface area contributed by atoms with E-state index in [9.17, 15) is 13.2 Å². The Kier molecular flexibility index (Phi) is 3.74. The number of ether oxygens (including phenoxy) is 1. The van der Waals surface area contributed by atoms with Crippen LogP contribution in [0.5, 0.6) is 0 Å². The summed E-state index contributed by atoms with van der Waals surface area (Å²) in [4.78, 5) is 10.9. The molecule has 6 heteroatoms. The number of hydrogen-bond donors (Lipinski definition) is 1. The number of carbonyl (C=O) groups excluding carboxylic acids is 1. The monoisotopic (exact) mass is 221 g/mol. The molecule has 1 N–H and O–H groups in total. The highest BCUT2D eigenvalue weighted by Gasteiger charge is 2.27. The minimum Gasteiger partial charge on any atom is -0.450 e. The van der Waals surface area contributed by atoms with Gasteiger partial charge in [-0.1, -0.05) is 0 Å². The van der Waals surface area contributed by atoms with Gasteiger partial charge in [-0.05, 0) is 19.3 Å². The molecule has 1 rings (SSSR count). The molecule has 0 aromatic heterocycles. The Morgan fingerprint density at radius 3 is 2.79 bits per heavy atom. The smallest absolute Gasteiger partial charge is 0.407 e. The SMILES string of the molecule is CCOC(=O)NC[C@H]1CCS(=O)(=O)C1. The first-order valence-corrected chi connectivity index (χ1v) is 6.46. The van der Waals surface area contributed by atoms with Crippen molar-refractivity contribution in [2.45, 2.75) is 13.3 Å². The molecule has 0 aromatic carbocycles. The van der Waals surface area contributed by atoms with Crippen LogP contribution in [0.1, 0.15) is 13.3 Å². The zero-order chi connectivity index (χ0) is 10.6. The van der Waals surface area contributed by atoms with E-state index in [1.807, 2.05) is 0 Å². The summed E-state index contributed by atoms with van der Waals surface area (Å²) < 4.78 is 26.8. The summed E-state index contributed by atoms with van der Waals surface area (Å²) in [7, 11) is -2.85. The summed E-state index contributed by atoms with van der Waals surface area (Å²) in [6, 6.07) is 0. The van der Waals surface area contributed by atoms with Gasteiger partial charge in [0.1, 0.15) is 0 Å². The molecule has 5 nitrogen and oxygen atoms in total. The third-order valence-electron chi connectivity index (χ3n) is 2.14. The lowest BCUT2D eigenvalue weighted by molar-refractivity contribution is 0.151. The fourth-order valence-electron chi connectivity index (χ4n) is 1.44. The number of amides is 1. The third-order valence-corrected chi connectivity index (χ3v) is 3.97. The number of sulfone groups is 1. The summed E-state index contributed by atoms with van der Waals surface area (Å²) >= 11 is 0. The van der Waals surface area contributed by atoms with Crippen LogP contribution in [0.4, 0.5) is 4.79 Å². The lowest BCUT2D eigenvalue weighted by Gasteiger charge is -2.08. The van der Waals surface area contributed by atoms with Gasteiger partial charge in [0, 0.05) is 6.54 Å². The van der Waals surface area contributed by atoms with Crippen molar-refractivity contribution in [3.8, 4) is 0 Å². The van der Waals surface area contributed by atoms with Gasteiger partial charge < -0.3 is 10.1 Å². The van der Waals surface area contributed by atoms with Crippen molar-refractivity contribution in [2.24, 2.45) is 5.92 Å². The molecular weight excluding hydrogens is 206 g/mol. The first kappa shape index (κ1) is 11.3. The second-order valence-electron chi connectivity index (χ2n) is 3.37. The van der Waals surface area contributed by atoms with Crippen molar-refractivity contribution in [2.75, 3.05) is 24.7 Å². The molecule has 1 amide bonds. The maximum absolute atomic E-state index is 11.1. The van der Waals surface area contributed by atoms with E-state index in [2.05, 4.69) is 10.1 Å².